The summed E-state index contributed by atoms with van der Waals surface area (Å²) in [5.74, 6) is 0.316. The molecule has 0 radical (unpaired) electrons. The van der Waals surface area contributed by atoms with Crippen molar-refractivity contribution in [2.45, 2.75) is 32.9 Å². The minimum atomic E-state index is 0.0456. The molecule has 0 spiro atoms. The van der Waals surface area contributed by atoms with E-state index in [0.29, 0.717) is 5.84 Å². The lowest BCUT2D eigenvalue weighted by atomic mass is 10.1. The normalized spacial score (nSPS) is 20.2. The van der Waals surface area contributed by atoms with Gasteiger partial charge in [-0.3, -0.25) is 9.80 Å². The zero-order valence-electron chi connectivity index (χ0n) is 12.1. The lowest BCUT2D eigenvalue weighted by Gasteiger charge is -2.38. The fourth-order valence-electron chi connectivity index (χ4n) is 2.62. The van der Waals surface area contributed by atoms with Gasteiger partial charge >= 0.3 is 0 Å². The summed E-state index contributed by atoms with van der Waals surface area (Å²) in [5.41, 5.74) is 6.85. The van der Waals surface area contributed by atoms with Gasteiger partial charge in [0.2, 0.25) is 0 Å². The average molecular weight is 297 g/mol. The summed E-state index contributed by atoms with van der Waals surface area (Å²) in [6.45, 7) is 8.89. The van der Waals surface area contributed by atoms with Gasteiger partial charge in [0.1, 0.15) is 5.01 Å². The monoisotopic (exact) mass is 297 g/mol. The lowest BCUT2D eigenvalue weighted by Crippen LogP contribution is -2.53. The Morgan fingerprint density at radius 2 is 2.20 bits per heavy atom. The van der Waals surface area contributed by atoms with E-state index < -0.39 is 0 Å². The Morgan fingerprint density at radius 1 is 1.50 bits per heavy atom. The van der Waals surface area contributed by atoms with Gasteiger partial charge < -0.3 is 10.9 Å². The van der Waals surface area contributed by atoms with Gasteiger partial charge in [-0.15, -0.1) is 11.3 Å². The zero-order valence-corrected chi connectivity index (χ0v) is 12.9. The Hall–Kier alpha value is -1.18. The third-order valence-electron chi connectivity index (χ3n) is 3.72. The first-order valence-corrected chi connectivity index (χ1v) is 7.86. The second-order valence-electron chi connectivity index (χ2n) is 5.14. The molecule has 1 aliphatic heterocycles. The number of thiazole rings is 1. The van der Waals surface area contributed by atoms with E-state index in [1.807, 2.05) is 6.92 Å². The molecule has 20 heavy (non-hydrogen) atoms. The molecule has 2 rings (SSSR count). The smallest absolute Gasteiger partial charge is 0.156 e. The van der Waals surface area contributed by atoms with Crippen LogP contribution in [0.5, 0.6) is 0 Å². The first-order valence-electron chi connectivity index (χ1n) is 6.98. The number of nitrogens with two attached hydrogens (primary N) is 1. The van der Waals surface area contributed by atoms with Gasteiger partial charge in [0.15, 0.2) is 5.84 Å². The molecule has 1 atom stereocenters. The van der Waals surface area contributed by atoms with E-state index in [9.17, 15) is 0 Å². The summed E-state index contributed by atoms with van der Waals surface area (Å²) in [6.07, 6.45) is 0.863. The van der Waals surface area contributed by atoms with Gasteiger partial charge in [-0.05, 0) is 13.3 Å². The van der Waals surface area contributed by atoms with Gasteiger partial charge in [-0.1, -0.05) is 12.1 Å². The van der Waals surface area contributed by atoms with Crippen LogP contribution in [0.25, 0.3) is 0 Å². The standard InChI is InChI=1S/C13H23N5OS/c1-3-11(13(14)16-19)18-6-4-17(5-7-18)8-12-15-10(2)9-20-12/h9,11,19H,3-8H2,1-2H3,(H2,14,16). The van der Waals surface area contributed by atoms with E-state index in [-0.39, 0.29) is 6.04 Å². The van der Waals surface area contributed by atoms with Crippen molar-refractivity contribution in [2.24, 2.45) is 10.9 Å². The summed E-state index contributed by atoms with van der Waals surface area (Å²) in [5, 5.41) is 15.3. The fourth-order valence-corrected chi connectivity index (χ4v) is 3.43. The van der Waals surface area contributed by atoms with E-state index in [4.69, 9.17) is 10.9 Å². The van der Waals surface area contributed by atoms with Crippen LogP contribution in [0, 0.1) is 6.92 Å². The van der Waals surface area contributed by atoms with Crippen LogP contribution < -0.4 is 5.73 Å². The van der Waals surface area contributed by atoms with E-state index in [1.54, 1.807) is 11.3 Å². The molecular weight excluding hydrogens is 274 g/mol. The van der Waals surface area contributed by atoms with Crippen molar-refractivity contribution >= 4 is 17.2 Å². The number of nitrogens with zero attached hydrogens (tertiary/aromatic N) is 4. The van der Waals surface area contributed by atoms with Crippen LogP contribution in [0.15, 0.2) is 10.5 Å². The predicted octanol–water partition coefficient (Wildman–Crippen LogP) is 1.09. The van der Waals surface area contributed by atoms with Crippen LogP contribution in [0.2, 0.25) is 0 Å². The Labute approximate surface area is 123 Å². The van der Waals surface area contributed by atoms with E-state index in [1.165, 1.54) is 5.01 Å². The number of hydrogen-bond donors (Lipinski definition) is 2. The fraction of sp³-hybridized carbons (Fsp3) is 0.692. The summed E-state index contributed by atoms with van der Waals surface area (Å²) in [4.78, 5) is 9.21. The van der Waals surface area contributed by atoms with E-state index >= 15 is 0 Å². The summed E-state index contributed by atoms with van der Waals surface area (Å²) < 4.78 is 0. The number of rotatable bonds is 5. The van der Waals surface area contributed by atoms with Gasteiger partial charge in [0, 0.05) is 37.3 Å². The summed E-state index contributed by atoms with van der Waals surface area (Å²) in [7, 11) is 0. The first kappa shape index (κ1) is 15.2. The molecule has 112 valence electrons. The highest BCUT2D eigenvalue weighted by atomic mass is 32.1. The minimum absolute atomic E-state index is 0.0456. The molecular formula is C13H23N5OS. The second kappa shape index (κ2) is 7.01. The third-order valence-corrected chi connectivity index (χ3v) is 4.67. The van der Waals surface area contributed by atoms with Crippen LogP contribution in [0.3, 0.4) is 0 Å². The third kappa shape index (κ3) is 3.68. The van der Waals surface area contributed by atoms with Crippen molar-refractivity contribution in [3.63, 3.8) is 0 Å². The molecule has 0 aromatic carbocycles. The Kier molecular flexibility index (Phi) is 5.33. The summed E-state index contributed by atoms with van der Waals surface area (Å²) in [6, 6.07) is 0.0456. The van der Waals surface area contributed by atoms with Crippen molar-refractivity contribution in [3.8, 4) is 0 Å². The maximum atomic E-state index is 8.84. The summed E-state index contributed by atoms with van der Waals surface area (Å²) >= 11 is 1.72. The van der Waals surface area contributed by atoms with Gasteiger partial charge in [0.25, 0.3) is 0 Å². The number of hydrogen-bond acceptors (Lipinski definition) is 6. The molecule has 3 N–H and O–H groups in total. The molecule has 1 aromatic heterocycles. The Balaban J connectivity index is 1.85. The quantitative estimate of drug-likeness (QED) is 0.368. The van der Waals surface area contributed by atoms with Crippen molar-refractivity contribution < 1.29 is 5.21 Å². The molecule has 1 fully saturated rings. The topological polar surface area (TPSA) is 78.0 Å². The number of amidine groups is 1. The number of aromatic nitrogens is 1. The Morgan fingerprint density at radius 3 is 2.70 bits per heavy atom. The molecule has 7 heteroatoms. The molecule has 1 unspecified atom stereocenters. The highest BCUT2D eigenvalue weighted by Gasteiger charge is 2.25. The average Bonchev–Trinajstić information content (AvgIpc) is 2.86. The zero-order chi connectivity index (χ0) is 14.5. The highest BCUT2D eigenvalue weighted by Crippen LogP contribution is 2.15. The van der Waals surface area contributed by atoms with Crippen LogP contribution in [-0.2, 0) is 6.54 Å². The highest BCUT2D eigenvalue weighted by molar-refractivity contribution is 7.09. The van der Waals surface area contributed by atoms with Gasteiger partial charge in [-0.25, -0.2) is 4.98 Å². The lowest BCUT2D eigenvalue weighted by molar-refractivity contribution is 0.109. The predicted molar refractivity (Wildman–Crippen MR) is 81.2 cm³/mol. The maximum absolute atomic E-state index is 8.84. The molecule has 1 saturated heterocycles. The van der Waals surface area contributed by atoms with Crippen LogP contribution >= 0.6 is 11.3 Å². The number of piperazine rings is 1. The molecule has 0 amide bonds. The number of aryl methyl sites for hydroxylation is 1. The molecule has 0 saturated carbocycles. The van der Waals surface area contributed by atoms with Crippen molar-refractivity contribution in [1.82, 2.24) is 14.8 Å². The largest absolute Gasteiger partial charge is 0.409 e. The van der Waals surface area contributed by atoms with Crippen LogP contribution in [-0.4, -0.2) is 58.0 Å². The second-order valence-corrected chi connectivity index (χ2v) is 6.09. The van der Waals surface area contributed by atoms with Crippen LogP contribution in [0.1, 0.15) is 24.0 Å². The van der Waals surface area contributed by atoms with Crippen molar-refractivity contribution in [3.05, 3.63) is 16.1 Å². The van der Waals surface area contributed by atoms with Crippen molar-refractivity contribution in [2.75, 3.05) is 26.2 Å². The molecule has 1 aliphatic rings. The van der Waals surface area contributed by atoms with Crippen molar-refractivity contribution in [1.29, 1.82) is 0 Å². The van der Waals surface area contributed by atoms with E-state index in [2.05, 4.69) is 32.2 Å². The van der Waals surface area contributed by atoms with Gasteiger partial charge in [0.05, 0.1) is 12.6 Å². The van der Waals surface area contributed by atoms with E-state index in [0.717, 1.165) is 44.8 Å². The molecule has 0 bridgehead atoms. The Bertz CT molecular complexity index is 453. The molecule has 6 nitrogen and oxygen atoms in total. The van der Waals surface area contributed by atoms with Crippen LogP contribution in [0.4, 0.5) is 0 Å². The molecule has 2 heterocycles. The first-order chi connectivity index (χ1) is 9.63. The van der Waals surface area contributed by atoms with Gasteiger partial charge in [-0.2, -0.15) is 0 Å². The minimum Gasteiger partial charge on any atom is -0.409 e. The maximum Gasteiger partial charge on any atom is 0.156 e. The SMILES string of the molecule is CCC(C(N)=NO)N1CCN(Cc2nc(C)cs2)CC1. The molecule has 1 aromatic rings. The number of oxime groups is 1. The molecule has 0 aliphatic carbocycles.